The summed E-state index contributed by atoms with van der Waals surface area (Å²) >= 11 is 0. The Morgan fingerprint density at radius 1 is 0.816 bits per heavy atom. The smallest absolute Gasteiger partial charge is 0.261 e. The molecule has 10 nitrogen and oxygen atoms in total. The summed E-state index contributed by atoms with van der Waals surface area (Å²) in [7, 11) is 4.74. The number of allylic oxidation sites excluding steroid dienone is 9. The van der Waals surface area contributed by atoms with Crippen molar-refractivity contribution >= 4 is 40.2 Å². The number of nitrogens with zero attached hydrogens (tertiary/aromatic N) is 4. The minimum atomic E-state index is -4.94. The van der Waals surface area contributed by atoms with E-state index in [-0.39, 0.29) is 11.8 Å². The number of para-hydroxylation sites is 1. The molecule has 0 saturated heterocycles. The summed E-state index contributed by atoms with van der Waals surface area (Å²) in [6.45, 7) is 2.77. The number of hydrogen-bond donors (Lipinski definition) is 0. The van der Waals surface area contributed by atoms with Gasteiger partial charge in [0.05, 0.1) is 11.1 Å². The number of hydrogen-bond acceptors (Lipinski definition) is 8. The van der Waals surface area contributed by atoms with Crippen LogP contribution in [0.15, 0.2) is 121 Å². The highest BCUT2D eigenvalue weighted by Gasteiger charge is 2.33. The summed E-state index contributed by atoms with van der Waals surface area (Å²) in [5.41, 5.74) is 9.42. The molecule has 3 aromatic carbocycles. The van der Waals surface area contributed by atoms with Crippen LogP contribution in [0.5, 0.6) is 0 Å². The Balaban J connectivity index is 0.00000101. The highest BCUT2D eigenvalue weighted by Crippen LogP contribution is 2.37. The quantitative estimate of drug-likeness (QED) is 0.200. The third-order valence-corrected chi connectivity index (χ3v) is 7.95. The molecule has 0 radical (unpaired) electrons. The molecular weight excluding hydrogens is 644 g/mol. The number of anilines is 3. The number of amides is 2. The van der Waals surface area contributed by atoms with Crippen molar-refractivity contribution in [3.8, 4) is 0 Å². The third-order valence-electron chi connectivity index (χ3n) is 7.95. The van der Waals surface area contributed by atoms with E-state index in [4.69, 9.17) is 18.6 Å². The molecule has 0 spiro atoms. The lowest BCUT2D eigenvalue weighted by Crippen LogP contribution is -2.68. The van der Waals surface area contributed by atoms with Gasteiger partial charge in [0.2, 0.25) is 0 Å². The third kappa shape index (κ3) is 9.29. The van der Waals surface area contributed by atoms with Gasteiger partial charge in [-0.15, -0.1) is 10.2 Å². The van der Waals surface area contributed by atoms with Crippen LogP contribution in [-0.4, -0.2) is 68.8 Å². The van der Waals surface area contributed by atoms with Crippen LogP contribution in [0.25, 0.3) is 5.57 Å². The molecule has 0 fully saturated rings. The number of carbonyl (C=O) groups is 2. The van der Waals surface area contributed by atoms with Gasteiger partial charge in [0.1, 0.15) is 14.1 Å². The second-order valence-corrected chi connectivity index (χ2v) is 12.4. The lowest BCUT2D eigenvalue weighted by atomic mass is 9.94. The van der Waals surface area contributed by atoms with Crippen LogP contribution in [0.2, 0.25) is 0 Å². The van der Waals surface area contributed by atoms with Crippen molar-refractivity contribution < 1.29 is 43.0 Å². The van der Waals surface area contributed by atoms with Gasteiger partial charge in [-0.05, 0) is 72.2 Å². The summed E-state index contributed by atoms with van der Waals surface area (Å²) in [4.78, 5) is 30.8. The number of fused-ring (bicyclic) bond motifs is 1. The van der Waals surface area contributed by atoms with Crippen LogP contribution >= 0.6 is 0 Å². The van der Waals surface area contributed by atoms with Crippen LogP contribution in [0.1, 0.15) is 38.8 Å². The molecule has 254 valence electrons. The van der Waals surface area contributed by atoms with Crippen LogP contribution in [0.4, 0.5) is 17.1 Å². The minimum absolute atomic E-state index is 0.261. The first kappa shape index (κ1) is 36.7. The Kier molecular flexibility index (Phi) is 11.9. The number of carbonyl (C=O) groups excluding carboxylic acids is 2. The van der Waals surface area contributed by atoms with Crippen molar-refractivity contribution in [1.29, 1.82) is 0 Å². The Morgan fingerprint density at radius 2 is 1.41 bits per heavy atom. The molecule has 5 rings (SSSR count). The molecule has 2 aliphatic rings. The van der Waals surface area contributed by atoms with Crippen molar-refractivity contribution in [2.24, 2.45) is 0 Å². The first-order valence-electron chi connectivity index (χ1n) is 15.4. The zero-order chi connectivity index (χ0) is 35.9. The largest absolute Gasteiger partial charge is 0.378 e. The van der Waals surface area contributed by atoms with Gasteiger partial charge in [-0.25, -0.2) is 23.2 Å². The Bertz CT molecular complexity index is 1870. The van der Waals surface area contributed by atoms with Gasteiger partial charge in [-0.2, -0.15) is 0 Å². The van der Waals surface area contributed by atoms with Gasteiger partial charge in [-0.3, -0.25) is 14.5 Å². The van der Waals surface area contributed by atoms with Gasteiger partial charge >= 0.3 is 0 Å². The molecule has 0 saturated carbocycles. The van der Waals surface area contributed by atoms with E-state index in [2.05, 4.69) is 112 Å². The molecule has 3 aromatic rings. The van der Waals surface area contributed by atoms with Gasteiger partial charge in [-0.1, -0.05) is 54.6 Å². The lowest BCUT2D eigenvalue weighted by molar-refractivity contribution is -2.00. The molecule has 1 aliphatic heterocycles. The maximum atomic E-state index is 12.8. The highest BCUT2D eigenvalue weighted by atomic mass is 35.7. The van der Waals surface area contributed by atoms with E-state index in [0.717, 1.165) is 45.0 Å². The van der Waals surface area contributed by atoms with Crippen molar-refractivity contribution in [2.45, 2.75) is 6.92 Å². The monoisotopic (exact) mass is 682 g/mol. The lowest BCUT2D eigenvalue weighted by Gasteiger charge is -2.27. The standard InChI is InChI=1S/C38H39N4O2.ClHO4/c1-7-42(31-24-25-34-35(26-31)38(44)41(6)37(34)43)36-15-11-10-14-33(36)32(28-18-22-30(23-19-28)40(4)5)13-9-8-12-27-16-20-29(21-17-27)39(2)3;2-1(3,4)5/h8-26H,7H2,1-6H3;(H,2,3,4,5)/q+1;/p-1. The normalized spacial score (nSPS) is 14.2. The van der Waals surface area contributed by atoms with E-state index < -0.39 is 10.2 Å². The van der Waals surface area contributed by atoms with E-state index in [1.54, 1.807) is 6.07 Å². The number of halogens is 1. The van der Waals surface area contributed by atoms with Crippen molar-refractivity contribution in [3.63, 3.8) is 0 Å². The Hall–Kier alpha value is -5.10. The molecule has 2 amide bonds. The Morgan fingerprint density at radius 3 is 2.00 bits per heavy atom. The molecule has 0 N–H and O–H groups in total. The van der Waals surface area contributed by atoms with Gasteiger partial charge in [0.25, 0.3) is 11.8 Å². The molecule has 11 heteroatoms. The van der Waals surface area contributed by atoms with Crippen LogP contribution < -0.4 is 28.4 Å². The van der Waals surface area contributed by atoms with E-state index in [9.17, 15) is 9.59 Å². The van der Waals surface area contributed by atoms with Crippen molar-refractivity contribution in [1.82, 2.24) is 4.90 Å². The van der Waals surface area contributed by atoms with Gasteiger partial charge in [0, 0.05) is 62.5 Å². The van der Waals surface area contributed by atoms with E-state index in [1.807, 2.05) is 46.4 Å². The SMILES string of the molecule is CCN(c1ccc2c(c1)C(=O)N(C)C2=O)c1ccccc1C(=CC=CC=C1C=CC(=[N+](C)C)C=C1)c1ccc(N(C)C)cc1.[O-][Cl+3]([O-])([O-])[O-]. The predicted octanol–water partition coefficient (Wildman–Crippen LogP) is 2.13. The van der Waals surface area contributed by atoms with E-state index in [1.165, 1.54) is 11.9 Å². The number of benzene rings is 3. The summed E-state index contributed by atoms with van der Waals surface area (Å²) in [6.07, 6.45) is 16.9. The van der Waals surface area contributed by atoms with Gasteiger partial charge < -0.3 is 9.80 Å². The van der Waals surface area contributed by atoms with E-state index >= 15 is 0 Å². The molecular formula is C38H39ClN4O6. The fraction of sp³-hybridized carbons (Fsp3) is 0.184. The fourth-order valence-electron chi connectivity index (χ4n) is 5.43. The predicted molar refractivity (Wildman–Crippen MR) is 182 cm³/mol. The maximum Gasteiger partial charge on any atom is 0.261 e. The number of imide groups is 1. The second-order valence-electron chi connectivity index (χ2n) is 11.6. The first-order chi connectivity index (χ1) is 23.2. The molecule has 1 aliphatic carbocycles. The molecule has 1 heterocycles. The van der Waals surface area contributed by atoms with E-state index in [0.29, 0.717) is 17.7 Å². The zero-order valence-electron chi connectivity index (χ0n) is 28.3. The summed E-state index contributed by atoms with van der Waals surface area (Å²) in [6, 6.07) is 22.4. The van der Waals surface area contributed by atoms with Crippen LogP contribution in [-0.2, 0) is 0 Å². The van der Waals surface area contributed by atoms with Crippen molar-refractivity contribution in [2.75, 3.05) is 51.6 Å². The molecule has 49 heavy (non-hydrogen) atoms. The first-order valence-corrected chi connectivity index (χ1v) is 16.6. The highest BCUT2D eigenvalue weighted by molar-refractivity contribution is 6.21. The van der Waals surface area contributed by atoms with Crippen LogP contribution in [0.3, 0.4) is 0 Å². The maximum absolute atomic E-state index is 12.8. The summed E-state index contributed by atoms with van der Waals surface area (Å²) < 4.78 is 36.1. The second kappa shape index (κ2) is 15.9. The Labute approximate surface area is 289 Å². The molecule has 0 unspecified atom stereocenters. The summed E-state index contributed by atoms with van der Waals surface area (Å²) in [5.74, 6) is -0.529. The summed E-state index contributed by atoms with van der Waals surface area (Å²) in [5, 5.41) is 0. The van der Waals surface area contributed by atoms with Crippen molar-refractivity contribution in [3.05, 3.63) is 143 Å². The average molecular weight is 683 g/mol. The molecule has 0 aromatic heterocycles. The number of rotatable bonds is 8. The van der Waals surface area contributed by atoms with Gasteiger partial charge in [0.15, 0.2) is 5.71 Å². The minimum Gasteiger partial charge on any atom is -0.378 e. The molecule has 0 bridgehead atoms. The topological polar surface area (TPSA) is 139 Å². The molecule has 0 atom stereocenters. The average Bonchev–Trinajstić information content (AvgIpc) is 3.28. The fourth-order valence-corrected chi connectivity index (χ4v) is 5.43. The zero-order valence-corrected chi connectivity index (χ0v) is 29.0. The van der Waals surface area contributed by atoms with Crippen LogP contribution in [0, 0.1) is 10.2 Å².